The molecule has 0 bridgehead atoms. The van der Waals surface area contributed by atoms with E-state index < -0.39 is 0 Å². The molecule has 2 nitrogen and oxygen atoms in total. The van der Waals surface area contributed by atoms with Gasteiger partial charge in [0.25, 0.3) is 0 Å². The molecule has 0 heterocycles. The Morgan fingerprint density at radius 3 is 2.26 bits per heavy atom. The zero-order valence-electron chi connectivity index (χ0n) is 11.5. The second-order valence-electron chi connectivity index (χ2n) is 4.43. The first-order chi connectivity index (χ1) is 9.25. The molecule has 0 unspecified atom stereocenters. The van der Waals surface area contributed by atoms with Crippen LogP contribution in [-0.4, -0.2) is 19.8 Å². The highest BCUT2D eigenvalue weighted by molar-refractivity contribution is 6.35. The van der Waals surface area contributed by atoms with Crippen LogP contribution in [0, 0.1) is 0 Å². The van der Waals surface area contributed by atoms with Crippen molar-refractivity contribution in [2.75, 3.05) is 19.8 Å². The van der Waals surface area contributed by atoms with Gasteiger partial charge >= 0.3 is 0 Å². The van der Waals surface area contributed by atoms with Gasteiger partial charge in [0.2, 0.25) is 0 Å². The van der Waals surface area contributed by atoms with Crippen LogP contribution in [0.15, 0.2) is 18.2 Å². The van der Waals surface area contributed by atoms with Crippen LogP contribution in [0.5, 0.6) is 0 Å². The van der Waals surface area contributed by atoms with Gasteiger partial charge in [-0.25, -0.2) is 0 Å². The minimum atomic E-state index is 0.428. The Kier molecular flexibility index (Phi) is 9.27. The second kappa shape index (κ2) is 10.5. The normalized spacial score (nSPS) is 10.9. The van der Waals surface area contributed by atoms with Crippen LogP contribution >= 0.6 is 23.2 Å². The lowest BCUT2D eigenvalue weighted by Crippen LogP contribution is -2.05. The number of hydrogen-bond acceptors (Lipinski definition) is 2. The Morgan fingerprint density at radius 1 is 0.895 bits per heavy atom. The lowest BCUT2D eigenvalue weighted by atomic mass is 10.2. The van der Waals surface area contributed by atoms with Crippen molar-refractivity contribution in [1.29, 1.82) is 0 Å². The van der Waals surface area contributed by atoms with E-state index >= 15 is 0 Å². The van der Waals surface area contributed by atoms with E-state index in [4.69, 9.17) is 32.7 Å². The van der Waals surface area contributed by atoms with E-state index in [-0.39, 0.29) is 0 Å². The molecule has 0 aliphatic rings. The Morgan fingerprint density at radius 2 is 1.58 bits per heavy atom. The number of ether oxygens (including phenoxy) is 2. The molecule has 0 radical (unpaired) electrons. The van der Waals surface area contributed by atoms with Crippen LogP contribution in [0.4, 0.5) is 0 Å². The first-order valence-corrected chi connectivity index (χ1v) is 7.59. The van der Waals surface area contributed by atoms with E-state index in [9.17, 15) is 0 Å². The topological polar surface area (TPSA) is 18.5 Å². The summed E-state index contributed by atoms with van der Waals surface area (Å²) in [6.07, 6.45) is 4.91. The molecule has 0 spiro atoms. The van der Waals surface area contributed by atoms with Crippen LogP contribution in [0.3, 0.4) is 0 Å². The van der Waals surface area contributed by atoms with Crippen molar-refractivity contribution < 1.29 is 9.47 Å². The summed E-state index contributed by atoms with van der Waals surface area (Å²) in [5.74, 6) is 0. The average molecular weight is 305 g/mol. The van der Waals surface area contributed by atoms with Gasteiger partial charge in [-0.15, -0.1) is 0 Å². The number of halogens is 2. The molecule has 0 amide bonds. The zero-order chi connectivity index (χ0) is 13.9. The highest BCUT2D eigenvalue weighted by Crippen LogP contribution is 2.24. The van der Waals surface area contributed by atoms with Gasteiger partial charge < -0.3 is 9.47 Å². The van der Waals surface area contributed by atoms with Crippen LogP contribution in [0.2, 0.25) is 10.0 Å². The fraction of sp³-hybridized carbons (Fsp3) is 0.600. The highest BCUT2D eigenvalue weighted by atomic mass is 35.5. The van der Waals surface area contributed by atoms with Gasteiger partial charge in [-0.3, -0.25) is 0 Å². The Labute approximate surface area is 126 Å². The Hall–Kier alpha value is -0.280. The van der Waals surface area contributed by atoms with Crippen molar-refractivity contribution in [3.05, 3.63) is 33.8 Å². The summed E-state index contributed by atoms with van der Waals surface area (Å²) in [6.45, 7) is 4.63. The summed E-state index contributed by atoms with van der Waals surface area (Å²) in [6, 6.07) is 5.46. The molecular formula is C15H22Cl2O2. The first-order valence-electron chi connectivity index (χ1n) is 6.84. The average Bonchev–Trinajstić information content (AvgIpc) is 2.40. The molecular weight excluding hydrogens is 283 g/mol. The predicted molar refractivity (Wildman–Crippen MR) is 81.1 cm³/mol. The third-order valence-electron chi connectivity index (χ3n) is 2.82. The number of hydrogen-bond donors (Lipinski definition) is 0. The van der Waals surface area contributed by atoms with E-state index in [0.29, 0.717) is 29.9 Å². The van der Waals surface area contributed by atoms with Crippen LogP contribution < -0.4 is 0 Å². The number of unbranched alkanes of at least 4 members (excludes halogenated alkanes) is 3. The minimum absolute atomic E-state index is 0.428. The third-order valence-corrected chi connectivity index (χ3v) is 3.53. The van der Waals surface area contributed by atoms with Crippen molar-refractivity contribution in [3.8, 4) is 0 Å². The van der Waals surface area contributed by atoms with E-state index in [1.54, 1.807) is 0 Å². The molecule has 1 aromatic carbocycles. The maximum absolute atomic E-state index is 6.04. The van der Waals surface area contributed by atoms with E-state index in [2.05, 4.69) is 6.92 Å². The van der Waals surface area contributed by atoms with Crippen molar-refractivity contribution in [2.45, 2.75) is 39.2 Å². The molecule has 0 aliphatic carbocycles. The van der Waals surface area contributed by atoms with Crippen molar-refractivity contribution in [1.82, 2.24) is 0 Å². The lowest BCUT2D eigenvalue weighted by molar-refractivity contribution is 0.0393. The van der Waals surface area contributed by atoms with Gasteiger partial charge in [0.1, 0.15) is 0 Å². The molecule has 0 aromatic heterocycles. The molecule has 0 aliphatic heterocycles. The maximum Gasteiger partial charge on any atom is 0.0747 e. The van der Waals surface area contributed by atoms with Crippen molar-refractivity contribution in [2.24, 2.45) is 0 Å². The standard InChI is InChI=1S/C15H22Cl2O2/c1-2-3-4-5-9-18-10-11-19-12-13-14(16)7-6-8-15(13)17/h6-8H,2-5,9-12H2,1H3. The molecule has 0 fully saturated rings. The fourth-order valence-corrected chi connectivity index (χ4v) is 2.20. The summed E-state index contributed by atoms with van der Waals surface area (Å²) in [4.78, 5) is 0. The molecule has 0 N–H and O–H groups in total. The Bertz CT molecular complexity index is 336. The molecule has 19 heavy (non-hydrogen) atoms. The smallest absolute Gasteiger partial charge is 0.0747 e. The quantitative estimate of drug-likeness (QED) is 0.559. The molecule has 4 heteroatoms. The fourth-order valence-electron chi connectivity index (χ4n) is 1.70. The van der Waals surface area contributed by atoms with Gasteiger partial charge in [-0.1, -0.05) is 55.5 Å². The second-order valence-corrected chi connectivity index (χ2v) is 5.24. The van der Waals surface area contributed by atoms with Gasteiger partial charge in [0, 0.05) is 22.2 Å². The predicted octanol–water partition coefficient (Wildman–Crippen LogP) is 5.11. The molecule has 0 saturated heterocycles. The summed E-state index contributed by atoms with van der Waals surface area (Å²) >= 11 is 12.1. The third kappa shape index (κ3) is 7.17. The lowest BCUT2D eigenvalue weighted by Gasteiger charge is -2.08. The van der Waals surface area contributed by atoms with Gasteiger partial charge in [-0.05, 0) is 18.6 Å². The van der Waals surface area contributed by atoms with Crippen molar-refractivity contribution in [3.63, 3.8) is 0 Å². The van der Waals surface area contributed by atoms with E-state index in [1.807, 2.05) is 18.2 Å². The maximum atomic E-state index is 6.04. The van der Waals surface area contributed by atoms with E-state index in [0.717, 1.165) is 18.6 Å². The summed E-state index contributed by atoms with van der Waals surface area (Å²) in [5, 5.41) is 1.29. The highest BCUT2D eigenvalue weighted by Gasteiger charge is 2.04. The number of benzene rings is 1. The van der Waals surface area contributed by atoms with Crippen LogP contribution in [-0.2, 0) is 16.1 Å². The largest absolute Gasteiger partial charge is 0.379 e. The van der Waals surface area contributed by atoms with Crippen LogP contribution in [0.1, 0.15) is 38.2 Å². The summed E-state index contributed by atoms with van der Waals surface area (Å²) in [7, 11) is 0. The molecule has 0 saturated carbocycles. The summed E-state index contributed by atoms with van der Waals surface area (Å²) < 4.78 is 11.0. The van der Waals surface area contributed by atoms with Crippen LogP contribution in [0.25, 0.3) is 0 Å². The zero-order valence-corrected chi connectivity index (χ0v) is 13.0. The Balaban J connectivity index is 2.05. The SMILES string of the molecule is CCCCCCOCCOCc1c(Cl)cccc1Cl. The molecule has 1 rings (SSSR count). The minimum Gasteiger partial charge on any atom is -0.379 e. The molecule has 1 aromatic rings. The molecule has 108 valence electrons. The monoisotopic (exact) mass is 304 g/mol. The van der Waals surface area contributed by atoms with Gasteiger partial charge in [-0.2, -0.15) is 0 Å². The number of rotatable bonds is 10. The summed E-state index contributed by atoms with van der Waals surface area (Å²) in [5.41, 5.74) is 0.841. The van der Waals surface area contributed by atoms with Crippen molar-refractivity contribution >= 4 is 23.2 Å². The van der Waals surface area contributed by atoms with E-state index in [1.165, 1.54) is 19.3 Å². The molecule has 0 atom stereocenters. The first kappa shape index (κ1) is 16.8. The van der Waals surface area contributed by atoms with Gasteiger partial charge in [0.15, 0.2) is 0 Å². The van der Waals surface area contributed by atoms with Gasteiger partial charge in [0.05, 0.1) is 19.8 Å².